The Hall–Kier alpha value is -0.940. The van der Waals surface area contributed by atoms with Crippen molar-refractivity contribution in [2.45, 2.75) is 18.6 Å². The number of halogens is 4. The van der Waals surface area contributed by atoms with Crippen LogP contribution in [0.1, 0.15) is 12.0 Å². The van der Waals surface area contributed by atoms with Gasteiger partial charge >= 0.3 is 6.18 Å². The van der Waals surface area contributed by atoms with Crippen molar-refractivity contribution >= 4 is 17.3 Å². The highest BCUT2D eigenvalue weighted by molar-refractivity contribution is 6.31. The predicted molar refractivity (Wildman–Crippen MR) is 59.3 cm³/mol. The summed E-state index contributed by atoms with van der Waals surface area (Å²) < 4.78 is 43.0. The molecule has 0 amide bonds. The Labute approximate surface area is 102 Å². The highest BCUT2D eigenvalue weighted by Crippen LogP contribution is 2.36. The van der Waals surface area contributed by atoms with Gasteiger partial charge in [-0.3, -0.25) is 0 Å². The lowest BCUT2D eigenvalue weighted by Gasteiger charge is -2.15. The highest BCUT2D eigenvalue weighted by atomic mass is 35.5. The van der Waals surface area contributed by atoms with Gasteiger partial charge in [0, 0.05) is 12.3 Å². The summed E-state index contributed by atoms with van der Waals surface area (Å²) in [6.07, 6.45) is -3.63. The molecule has 1 saturated heterocycles. The van der Waals surface area contributed by atoms with Gasteiger partial charge in [-0.2, -0.15) is 13.2 Å². The fourth-order valence-electron chi connectivity index (χ4n) is 1.72. The fourth-order valence-corrected chi connectivity index (χ4v) is 1.94. The third kappa shape index (κ3) is 3.04. The molecule has 2 rings (SSSR count). The fraction of sp³-hybridized carbons (Fsp3) is 0.455. The molecule has 1 heterocycles. The Morgan fingerprint density at radius 3 is 2.71 bits per heavy atom. The SMILES string of the molecule is FC(F)(F)c1cc(NC2CCOC2)ccc1Cl. The van der Waals surface area contributed by atoms with E-state index in [1.807, 2.05) is 0 Å². The topological polar surface area (TPSA) is 21.3 Å². The lowest BCUT2D eigenvalue weighted by molar-refractivity contribution is -0.137. The molecule has 0 spiro atoms. The number of hydrogen-bond donors (Lipinski definition) is 1. The van der Waals surface area contributed by atoms with Crippen LogP contribution < -0.4 is 5.32 Å². The van der Waals surface area contributed by atoms with Crippen LogP contribution in [0.4, 0.5) is 18.9 Å². The lowest BCUT2D eigenvalue weighted by atomic mass is 10.1. The first-order valence-corrected chi connectivity index (χ1v) is 5.55. The van der Waals surface area contributed by atoms with Crippen molar-refractivity contribution < 1.29 is 17.9 Å². The van der Waals surface area contributed by atoms with Crippen LogP contribution in [0.2, 0.25) is 5.02 Å². The van der Waals surface area contributed by atoms with Crippen molar-refractivity contribution in [1.82, 2.24) is 0 Å². The van der Waals surface area contributed by atoms with Crippen LogP contribution in [0.15, 0.2) is 18.2 Å². The summed E-state index contributed by atoms with van der Waals surface area (Å²) in [6.45, 7) is 1.15. The normalized spacial score (nSPS) is 20.6. The lowest BCUT2D eigenvalue weighted by Crippen LogP contribution is -2.19. The summed E-state index contributed by atoms with van der Waals surface area (Å²) in [6, 6.07) is 3.89. The first-order valence-electron chi connectivity index (χ1n) is 5.18. The minimum atomic E-state index is -4.43. The average Bonchev–Trinajstić information content (AvgIpc) is 2.72. The van der Waals surface area contributed by atoms with Gasteiger partial charge in [-0.25, -0.2) is 0 Å². The zero-order chi connectivity index (χ0) is 12.5. The Kier molecular flexibility index (Phi) is 3.49. The van der Waals surface area contributed by atoms with E-state index in [4.69, 9.17) is 16.3 Å². The van der Waals surface area contributed by atoms with Crippen molar-refractivity contribution in [2.24, 2.45) is 0 Å². The molecule has 1 fully saturated rings. The highest BCUT2D eigenvalue weighted by Gasteiger charge is 2.33. The second-order valence-corrected chi connectivity index (χ2v) is 4.30. The zero-order valence-corrected chi connectivity index (χ0v) is 9.61. The predicted octanol–water partition coefficient (Wildman–Crippen LogP) is 3.56. The van der Waals surface area contributed by atoms with E-state index in [0.29, 0.717) is 18.9 Å². The second-order valence-electron chi connectivity index (χ2n) is 3.90. The maximum absolute atomic E-state index is 12.6. The van der Waals surface area contributed by atoms with E-state index < -0.39 is 11.7 Å². The van der Waals surface area contributed by atoms with Gasteiger partial charge in [-0.05, 0) is 24.6 Å². The Bertz CT molecular complexity index is 402. The van der Waals surface area contributed by atoms with Crippen LogP contribution in [0.25, 0.3) is 0 Å². The van der Waals surface area contributed by atoms with Crippen LogP contribution in [0.5, 0.6) is 0 Å². The number of benzene rings is 1. The van der Waals surface area contributed by atoms with Crippen LogP contribution in [-0.2, 0) is 10.9 Å². The maximum Gasteiger partial charge on any atom is 0.417 e. The minimum absolute atomic E-state index is 0.0669. The van der Waals surface area contributed by atoms with E-state index in [1.54, 1.807) is 0 Å². The molecule has 0 aromatic heterocycles. The number of alkyl halides is 3. The van der Waals surface area contributed by atoms with E-state index in [0.717, 1.165) is 12.5 Å². The molecule has 17 heavy (non-hydrogen) atoms. The molecular formula is C11H11ClF3NO. The summed E-state index contributed by atoms with van der Waals surface area (Å²) >= 11 is 5.53. The van der Waals surface area contributed by atoms with Crippen molar-refractivity contribution in [3.8, 4) is 0 Å². The molecule has 1 aromatic carbocycles. The van der Waals surface area contributed by atoms with Crippen molar-refractivity contribution in [3.05, 3.63) is 28.8 Å². The molecule has 1 N–H and O–H groups in total. The molecule has 1 unspecified atom stereocenters. The molecule has 1 aliphatic heterocycles. The zero-order valence-electron chi connectivity index (χ0n) is 8.85. The van der Waals surface area contributed by atoms with Crippen LogP contribution >= 0.6 is 11.6 Å². The number of ether oxygens (including phenoxy) is 1. The van der Waals surface area contributed by atoms with E-state index in [2.05, 4.69) is 5.32 Å². The van der Waals surface area contributed by atoms with Gasteiger partial charge in [-0.1, -0.05) is 11.6 Å². The molecule has 1 aromatic rings. The summed E-state index contributed by atoms with van der Waals surface area (Å²) in [5.74, 6) is 0. The molecule has 6 heteroatoms. The van der Waals surface area contributed by atoms with Crippen molar-refractivity contribution in [1.29, 1.82) is 0 Å². The first-order chi connectivity index (χ1) is 7.97. The van der Waals surface area contributed by atoms with Crippen molar-refractivity contribution in [2.75, 3.05) is 18.5 Å². The Morgan fingerprint density at radius 1 is 1.35 bits per heavy atom. The number of rotatable bonds is 2. The minimum Gasteiger partial charge on any atom is -0.380 e. The summed E-state index contributed by atoms with van der Waals surface area (Å²) in [4.78, 5) is 0. The van der Waals surface area contributed by atoms with Crippen molar-refractivity contribution in [3.63, 3.8) is 0 Å². The quantitative estimate of drug-likeness (QED) is 0.883. The van der Waals surface area contributed by atoms with Gasteiger partial charge < -0.3 is 10.1 Å². The number of nitrogens with one attached hydrogen (secondary N) is 1. The van der Waals surface area contributed by atoms with Gasteiger partial charge in [0.05, 0.1) is 23.2 Å². The van der Waals surface area contributed by atoms with Gasteiger partial charge in [0.2, 0.25) is 0 Å². The number of hydrogen-bond acceptors (Lipinski definition) is 2. The second kappa shape index (κ2) is 4.74. The summed E-state index contributed by atoms with van der Waals surface area (Å²) in [5.41, 5.74) is -0.402. The Balaban J connectivity index is 2.18. The van der Waals surface area contributed by atoms with E-state index in [9.17, 15) is 13.2 Å². The summed E-state index contributed by atoms with van der Waals surface area (Å²) in [7, 11) is 0. The molecular weight excluding hydrogens is 255 g/mol. The molecule has 1 aliphatic rings. The molecule has 1 atom stereocenters. The van der Waals surface area contributed by atoms with Gasteiger partial charge in [-0.15, -0.1) is 0 Å². The average molecular weight is 266 g/mol. The number of anilines is 1. The third-order valence-corrected chi connectivity index (χ3v) is 2.90. The third-order valence-electron chi connectivity index (χ3n) is 2.57. The molecule has 0 radical (unpaired) electrons. The maximum atomic E-state index is 12.6. The monoisotopic (exact) mass is 265 g/mol. The van der Waals surface area contributed by atoms with Gasteiger partial charge in [0.25, 0.3) is 0 Å². The molecule has 2 nitrogen and oxygen atoms in total. The summed E-state index contributed by atoms with van der Waals surface area (Å²) in [5, 5.41) is 2.71. The molecule has 0 saturated carbocycles. The van der Waals surface area contributed by atoms with E-state index >= 15 is 0 Å². The van der Waals surface area contributed by atoms with Crippen LogP contribution in [0, 0.1) is 0 Å². The first kappa shape index (κ1) is 12.5. The Morgan fingerprint density at radius 2 is 2.12 bits per heavy atom. The van der Waals surface area contributed by atoms with Crippen LogP contribution in [0.3, 0.4) is 0 Å². The standard InChI is InChI=1S/C11H11ClF3NO/c12-10-2-1-7(5-9(10)11(13,14)15)16-8-3-4-17-6-8/h1-2,5,8,16H,3-4,6H2. The molecule has 0 aliphatic carbocycles. The van der Waals surface area contributed by atoms with Crippen LogP contribution in [-0.4, -0.2) is 19.3 Å². The largest absolute Gasteiger partial charge is 0.417 e. The molecule has 94 valence electrons. The van der Waals surface area contributed by atoms with Gasteiger partial charge in [0.1, 0.15) is 0 Å². The van der Waals surface area contributed by atoms with Gasteiger partial charge in [0.15, 0.2) is 0 Å². The molecule has 0 bridgehead atoms. The van der Waals surface area contributed by atoms with E-state index in [1.165, 1.54) is 12.1 Å². The smallest absolute Gasteiger partial charge is 0.380 e. The van der Waals surface area contributed by atoms with E-state index in [-0.39, 0.29) is 11.1 Å².